The third-order valence-electron chi connectivity index (χ3n) is 4.87. The summed E-state index contributed by atoms with van der Waals surface area (Å²) < 4.78 is 26.3. The Morgan fingerprint density at radius 1 is 1.00 bits per heavy atom. The Morgan fingerprint density at radius 2 is 1.80 bits per heavy atom. The Balaban J connectivity index is 1.70. The SMILES string of the molecule is O=C(CCc1ccc(F)c(F)c1)N1CCCCCC1c1ccccc1. The zero-order valence-corrected chi connectivity index (χ0v) is 14.3. The van der Waals surface area contributed by atoms with Gasteiger partial charge in [0.2, 0.25) is 5.91 Å². The van der Waals surface area contributed by atoms with Gasteiger partial charge in [-0.2, -0.15) is 0 Å². The number of hydrogen-bond donors (Lipinski definition) is 0. The Morgan fingerprint density at radius 3 is 2.56 bits per heavy atom. The fourth-order valence-electron chi connectivity index (χ4n) is 3.52. The van der Waals surface area contributed by atoms with Crippen LogP contribution in [-0.4, -0.2) is 17.4 Å². The lowest BCUT2D eigenvalue weighted by Gasteiger charge is -2.30. The van der Waals surface area contributed by atoms with E-state index in [1.165, 1.54) is 11.6 Å². The van der Waals surface area contributed by atoms with E-state index in [2.05, 4.69) is 12.1 Å². The predicted octanol–water partition coefficient (Wildman–Crippen LogP) is 5.04. The van der Waals surface area contributed by atoms with Gasteiger partial charge in [-0.25, -0.2) is 8.78 Å². The van der Waals surface area contributed by atoms with Gasteiger partial charge < -0.3 is 4.90 Å². The summed E-state index contributed by atoms with van der Waals surface area (Å²) in [6.45, 7) is 0.760. The van der Waals surface area contributed by atoms with Crippen LogP contribution in [0.5, 0.6) is 0 Å². The number of hydrogen-bond acceptors (Lipinski definition) is 1. The van der Waals surface area contributed by atoms with Crippen molar-refractivity contribution in [3.63, 3.8) is 0 Å². The maximum absolute atomic E-state index is 13.3. The minimum Gasteiger partial charge on any atom is -0.336 e. The first kappa shape index (κ1) is 17.6. The lowest BCUT2D eigenvalue weighted by Crippen LogP contribution is -2.35. The number of amides is 1. The average Bonchev–Trinajstić information content (AvgIpc) is 2.89. The van der Waals surface area contributed by atoms with Crippen molar-refractivity contribution in [2.75, 3.05) is 6.54 Å². The molecule has 0 radical (unpaired) electrons. The second kappa shape index (κ2) is 8.24. The van der Waals surface area contributed by atoms with Gasteiger partial charge >= 0.3 is 0 Å². The lowest BCUT2D eigenvalue weighted by atomic mass is 10.00. The van der Waals surface area contributed by atoms with Crippen molar-refractivity contribution >= 4 is 5.91 Å². The van der Waals surface area contributed by atoms with Crippen LogP contribution >= 0.6 is 0 Å². The summed E-state index contributed by atoms with van der Waals surface area (Å²) in [7, 11) is 0. The van der Waals surface area contributed by atoms with Gasteiger partial charge in [0, 0.05) is 13.0 Å². The van der Waals surface area contributed by atoms with Gasteiger partial charge in [0.1, 0.15) is 0 Å². The molecule has 1 amide bonds. The molecule has 25 heavy (non-hydrogen) atoms. The maximum atomic E-state index is 13.3. The van der Waals surface area contributed by atoms with Gasteiger partial charge in [0.05, 0.1) is 6.04 Å². The molecule has 0 aromatic heterocycles. The molecule has 4 heteroatoms. The topological polar surface area (TPSA) is 20.3 Å². The first-order valence-electron chi connectivity index (χ1n) is 8.93. The van der Waals surface area contributed by atoms with Crippen LogP contribution in [0.1, 0.15) is 49.3 Å². The largest absolute Gasteiger partial charge is 0.336 e. The van der Waals surface area contributed by atoms with Crippen molar-refractivity contribution in [2.45, 2.75) is 44.6 Å². The highest BCUT2D eigenvalue weighted by atomic mass is 19.2. The van der Waals surface area contributed by atoms with Crippen LogP contribution in [0, 0.1) is 11.6 Å². The van der Waals surface area contributed by atoms with Crippen LogP contribution in [0.3, 0.4) is 0 Å². The highest BCUT2D eigenvalue weighted by Crippen LogP contribution is 2.30. The van der Waals surface area contributed by atoms with E-state index in [1.54, 1.807) is 6.07 Å². The highest BCUT2D eigenvalue weighted by Gasteiger charge is 2.26. The van der Waals surface area contributed by atoms with Crippen molar-refractivity contribution in [1.82, 2.24) is 4.90 Å². The van der Waals surface area contributed by atoms with Crippen molar-refractivity contribution in [3.8, 4) is 0 Å². The smallest absolute Gasteiger partial charge is 0.223 e. The summed E-state index contributed by atoms with van der Waals surface area (Å²) in [6.07, 6.45) is 4.98. The highest BCUT2D eigenvalue weighted by molar-refractivity contribution is 5.77. The number of carbonyl (C=O) groups is 1. The average molecular weight is 343 g/mol. The molecule has 1 unspecified atom stereocenters. The lowest BCUT2D eigenvalue weighted by molar-refractivity contribution is -0.133. The van der Waals surface area contributed by atoms with Gasteiger partial charge in [-0.3, -0.25) is 4.79 Å². The second-order valence-corrected chi connectivity index (χ2v) is 6.61. The maximum Gasteiger partial charge on any atom is 0.223 e. The van der Waals surface area contributed by atoms with Gasteiger partial charge in [0.25, 0.3) is 0 Å². The zero-order valence-electron chi connectivity index (χ0n) is 14.3. The van der Waals surface area contributed by atoms with Crippen LogP contribution in [-0.2, 0) is 11.2 Å². The molecule has 1 aliphatic heterocycles. The first-order valence-corrected chi connectivity index (χ1v) is 8.93. The molecule has 2 aromatic carbocycles. The first-order chi connectivity index (χ1) is 12.1. The van der Waals surface area contributed by atoms with E-state index in [0.717, 1.165) is 38.3 Å². The van der Waals surface area contributed by atoms with E-state index < -0.39 is 11.6 Å². The second-order valence-electron chi connectivity index (χ2n) is 6.61. The van der Waals surface area contributed by atoms with E-state index in [1.807, 2.05) is 23.1 Å². The number of likely N-dealkylation sites (tertiary alicyclic amines) is 1. The minimum absolute atomic E-state index is 0.0838. The summed E-state index contributed by atoms with van der Waals surface area (Å²) >= 11 is 0. The molecule has 1 aliphatic rings. The monoisotopic (exact) mass is 343 g/mol. The summed E-state index contributed by atoms with van der Waals surface area (Å²) in [5.41, 5.74) is 1.82. The Labute approximate surface area is 147 Å². The molecule has 1 fully saturated rings. The van der Waals surface area contributed by atoms with Gasteiger partial charge in [0.15, 0.2) is 11.6 Å². The molecular formula is C21H23F2NO. The fraction of sp³-hybridized carbons (Fsp3) is 0.381. The minimum atomic E-state index is -0.859. The van der Waals surface area contributed by atoms with E-state index in [-0.39, 0.29) is 11.9 Å². The zero-order chi connectivity index (χ0) is 17.6. The summed E-state index contributed by atoms with van der Waals surface area (Å²) in [6, 6.07) is 14.1. The van der Waals surface area contributed by atoms with Crippen molar-refractivity contribution < 1.29 is 13.6 Å². The summed E-state index contributed by atoms with van der Waals surface area (Å²) in [5, 5.41) is 0. The van der Waals surface area contributed by atoms with Gasteiger partial charge in [-0.1, -0.05) is 49.2 Å². The normalized spacial score (nSPS) is 18.0. The Bertz CT molecular complexity index is 717. The van der Waals surface area contributed by atoms with E-state index in [9.17, 15) is 13.6 Å². The quantitative estimate of drug-likeness (QED) is 0.761. The molecule has 0 N–H and O–H groups in total. The molecule has 132 valence electrons. The number of aryl methyl sites for hydroxylation is 1. The molecule has 0 saturated carbocycles. The standard InChI is InChI=1S/C21H23F2NO/c22-18-12-10-16(15-19(18)23)11-13-21(25)24-14-6-2-5-9-20(24)17-7-3-1-4-8-17/h1,3-4,7-8,10,12,15,20H,2,5-6,9,11,13-14H2. The Hall–Kier alpha value is -2.23. The molecule has 1 heterocycles. The molecular weight excluding hydrogens is 320 g/mol. The number of benzene rings is 2. The molecule has 2 aromatic rings. The molecule has 0 bridgehead atoms. The molecule has 3 rings (SSSR count). The number of nitrogens with zero attached hydrogens (tertiary/aromatic N) is 1. The van der Waals surface area contributed by atoms with Crippen LogP contribution in [0.25, 0.3) is 0 Å². The van der Waals surface area contributed by atoms with Crippen molar-refractivity contribution in [3.05, 3.63) is 71.3 Å². The molecule has 0 spiro atoms. The van der Waals surface area contributed by atoms with E-state index in [4.69, 9.17) is 0 Å². The molecule has 1 saturated heterocycles. The van der Waals surface area contributed by atoms with Gasteiger partial charge in [-0.05, 0) is 42.5 Å². The fourth-order valence-corrected chi connectivity index (χ4v) is 3.52. The van der Waals surface area contributed by atoms with Crippen LogP contribution in [0.15, 0.2) is 48.5 Å². The Kier molecular flexibility index (Phi) is 5.79. The number of halogens is 2. The summed E-state index contributed by atoms with van der Waals surface area (Å²) in [5.74, 6) is -1.63. The number of rotatable bonds is 4. The van der Waals surface area contributed by atoms with Crippen molar-refractivity contribution in [1.29, 1.82) is 0 Å². The van der Waals surface area contributed by atoms with Gasteiger partial charge in [-0.15, -0.1) is 0 Å². The summed E-state index contributed by atoms with van der Waals surface area (Å²) in [4.78, 5) is 14.8. The molecule has 2 nitrogen and oxygen atoms in total. The van der Waals surface area contributed by atoms with E-state index >= 15 is 0 Å². The van der Waals surface area contributed by atoms with E-state index in [0.29, 0.717) is 18.4 Å². The van der Waals surface area contributed by atoms with Crippen LogP contribution in [0.4, 0.5) is 8.78 Å². The number of carbonyl (C=O) groups excluding carboxylic acids is 1. The van der Waals surface area contributed by atoms with Crippen LogP contribution < -0.4 is 0 Å². The molecule has 0 aliphatic carbocycles. The van der Waals surface area contributed by atoms with Crippen LogP contribution in [0.2, 0.25) is 0 Å². The third-order valence-corrected chi connectivity index (χ3v) is 4.87. The predicted molar refractivity (Wildman–Crippen MR) is 94.0 cm³/mol. The van der Waals surface area contributed by atoms with Crippen molar-refractivity contribution in [2.24, 2.45) is 0 Å². The third kappa shape index (κ3) is 4.44. The molecule has 1 atom stereocenters.